The molecule has 0 atom stereocenters. The number of amides is 2. The van der Waals surface area contributed by atoms with Crippen molar-refractivity contribution < 1.29 is 19.5 Å². The summed E-state index contributed by atoms with van der Waals surface area (Å²) in [4.78, 5) is 34.9. The molecule has 2 amide bonds. The Hall–Kier alpha value is -3.23. The first-order chi connectivity index (χ1) is 13.0. The molecule has 1 aromatic heterocycles. The summed E-state index contributed by atoms with van der Waals surface area (Å²) >= 11 is 0. The number of carbonyl (C=O) groups excluding carboxylic acids is 2. The molecule has 0 aliphatic heterocycles. The second-order valence-corrected chi connectivity index (χ2v) is 6.55. The van der Waals surface area contributed by atoms with Crippen molar-refractivity contribution in [1.29, 1.82) is 0 Å². The van der Waals surface area contributed by atoms with Gasteiger partial charge in [0.05, 0.1) is 6.20 Å². The van der Waals surface area contributed by atoms with Crippen LogP contribution in [0.1, 0.15) is 41.7 Å². The summed E-state index contributed by atoms with van der Waals surface area (Å²) in [5.74, 6) is -1.38. The van der Waals surface area contributed by atoms with Gasteiger partial charge in [-0.3, -0.25) is 9.59 Å². The van der Waals surface area contributed by atoms with Gasteiger partial charge < -0.3 is 15.7 Å². The van der Waals surface area contributed by atoms with Crippen LogP contribution in [0.15, 0.2) is 30.5 Å². The fraction of sp³-hybridized carbons (Fsp3) is 0.389. The third kappa shape index (κ3) is 5.13. The van der Waals surface area contributed by atoms with E-state index in [4.69, 9.17) is 5.11 Å². The summed E-state index contributed by atoms with van der Waals surface area (Å²) in [5, 5.41) is 21.5. The van der Waals surface area contributed by atoms with E-state index in [0.717, 1.165) is 35.9 Å². The number of benzene rings is 1. The highest BCUT2D eigenvalue weighted by molar-refractivity contribution is 5.92. The standard InChI is InChI=1S/C18H21N5O4/c24-16(11-23-10-15(18(26)27)21-22-23)19-9-12-4-3-7-14(8-12)20-17(25)13-5-1-2-6-13/h3-4,7-8,10,13H,1-2,5-6,9,11H2,(H,19,24)(H,20,25)(H,26,27). The summed E-state index contributed by atoms with van der Waals surface area (Å²) in [5.41, 5.74) is 1.34. The molecule has 0 radical (unpaired) electrons. The van der Waals surface area contributed by atoms with Gasteiger partial charge in [-0.15, -0.1) is 5.10 Å². The highest BCUT2D eigenvalue weighted by Gasteiger charge is 2.22. The van der Waals surface area contributed by atoms with Crippen molar-refractivity contribution in [3.63, 3.8) is 0 Å². The van der Waals surface area contributed by atoms with Gasteiger partial charge in [0.15, 0.2) is 5.69 Å². The molecule has 0 spiro atoms. The summed E-state index contributed by atoms with van der Waals surface area (Å²) in [6.07, 6.45) is 5.27. The van der Waals surface area contributed by atoms with Gasteiger partial charge in [0.25, 0.3) is 0 Å². The maximum absolute atomic E-state index is 12.2. The zero-order valence-electron chi connectivity index (χ0n) is 14.7. The maximum atomic E-state index is 12.2. The Balaban J connectivity index is 1.50. The molecule has 1 saturated carbocycles. The first kappa shape index (κ1) is 18.6. The molecule has 1 aliphatic rings. The van der Waals surface area contributed by atoms with Crippen LogP contribution < -0.4 is 10.6 Å². The average Bonchev–Trinajstić information content (AvgIpc) is 3.32. The van der Waals surface area contributed by atoms with Gasteiger partial charge in [0.2, 0.25) is 11.8 Å². The van der Waals surface area contributed by atoms with E-state index < -0.39 is 5.97 Å². The zero-order valence-corrected chi connectivity index (χ0v) is 14.7. The molecule has 1 aliphatic carbocycles. The first-order valence-electron chi connectivity index (χ1n) is 8.81. The number of aromatic nitrogens is 3. The second kappa shape index (κ2) is 8.43. The number of carbonyl (C=O) groups is 3. The number of aromatic carboxylic acids is 1. The molecule has 9 nitrogen and oxygen atoms in total. The van der Waals surface area contributed by atoms with Crippen LogP contribution in [-0.2, 0) is 22.7 Å². The largest absolute Gasteiger partial charge is 0.476 e. The third-order valence-corrected chi connectivity index (χ3v) is 4.47. The van der Waals surface area contributed by atoms with E-state index in [1.165, 1.54) is 6.20 Å². The lowest BCUT2D eigenvalue weighted by atomic mass is 10.1. The van der Waals surface area contributed by atoms with Crippen LogP contribution in [0.25, 0.3) is 0 Å². The molecule has 1 fully saturated rings. The lowest BCUT2D eigenvalue weighted by Gasteiger charge is -2.12. The molecule has 142 valence electrons. The van der Waals surface area contributed by atoms with Gasteiger partial charge in [0.1, 0.15) is 6.54 Å². The first-order valence-corrected chi connectivity index (χ1v) is 8.81. The number of nitrogens with one attached hydrogen (secondary N) is 2. The predicted octanol–water partition coefficient (Wildman–Crippen LogP) is 1.42. The molecule has 0 unspecified atom stereocenters. The Morgan fingerprint density at radius 1 is 1.22 bits per heavy atom. The zero-order chi connectivity index (χ0) is 19.2. The van der Waals surface area contributed by atoms with Crippen molar-refractivity contribution in [2.75, 3.05) is 5.32 Å². The smallest absolute Gasteiger partial charge is 0.358 e. The number of carboxylic acid groups (broad SMARTS) is 1. The predicted molar refractivity (Wildman–Crippen MR) is 95.9 cm³/mol. The summed E-state index contributed by atoms with van der Waals surface area (Å²) in [7, 11) is 0. The Labute approximate surface area is 155 Å². The van der Waals surface area contributed by atoms with Crippen molar-refractivity contribution in [3.8, 4) is 0 Å². The van der Waals surface area contributed by atoms with Crippen LogP contribution in [0.2, 0.25) is 0 Å². The van der Waals surface area contributed by atoms with E-state index in [9.17, 15) is 14.4 Å². The summed E-state index contributed by atoms with van der Waals surface area (Å²) in [6.45, 7) is 0.158. The molecule has 27 heavy (non-hydrogen) atoms. The van der Waals surface area contributed by atoms with Crippen molar-refractivity contribution in [2.45, 2.75) is 38.8 Å². The minimum absolute atomic E-state index is 0.0501. The SMILES string of the molecule is O=C(Cn1cc(C(=O)O)nn1)NCc1cccc(NC(=O)C2CCCC2)c1. The number of carboxylic acids is 1. The van der Waals surface area contributed by atoms with Crippen molar-refractivity contribution in [3.05, 3.63) is 41.7 Å². The number of anilines is 1. The van der Waals surface area contributed by atoms with Gasteiger partial charge in [-0.1, -0.05) is 30.2 Å². The molecule has 3 rings (SSSR count). The quantitative estimate of drug-likeness (QED) is 0.676. The monoisotopic (exact) mass is 371 g/mol. The number of hydrogen-bond donors (Lipinski definition) is 3. The molecule has 3 N–H and O–H groups in total. The van der Waals surface area contributed by atoms with Gasteiger partial charge in [-0.25, -0.2) is 9.48 Å². The highest BCUT2D eigenvalue weighted by atomic mass is 16.4. The van der Waals surface area contributed by atoms with Crippen LogP contribution in [0.5, 0.6) is 0 Å². The van der Waals surface area contributed by atoms with Crippen LogP contribution >= 0.6 is 0 Å². The van der Waals surface area contributed by atoms with Crippen molar-refractivity contribution in [2.24, 2.45) is 5.92 Å². The lowest BCUT2D eigenvalue weighted by molar-refractivity contribution is -0.122. The topological polar surface area (TPSA) is 126 Å². The fourth-order valence-electron chi connectivity index (χ4n) is 3.07. The van der Waals surface area contributed by atoms with E-state index >= 15 is 0 Å². The van der Waals surface area contributed by atoms with Crippen molar-refractivity contribution >= 4 is 23.5 Å². The minimum atomic E-state index is -1.20. The highest BCUT2D eigenvalue weighted by Crippen LogP contribution is 2.26. The molecule has 1 aromatic carbocycles. The van der Waals surface area contributed by atoms with Crippen LogP contribution in [0, 0.1) is 5.92 Å². The fourth-order valence-corrected chi connectivity index (χ4v) is 3.07. The molecular formula is C18H21N5O4. The van der Waals surface area contributed by atoms with Crippen molar-refractivity contribution in [1.82, 2.24) is 20.3 Å². The van der Waals surface area contributed by atoms with Gasteiger partial charge in [-0.05, 0) is 30.5 Å². The van der Waals surface area contributed by atoms with E-state index in [2.05, 4.69) is 20.9 Å². The van der Waals surface area contributed by atoms with E-state index in [0.29, 0.717) is 5.69 Å². The Morgan fingerprint density at radius 3 is 2.70 bits per heavy atom. The van der Waals surface area contributed by atoms with E-state index in [1.54, 1.807) is 0 Å². The maximum Gasteiger partial charge on any atom is 0.358 e. The number of rotatable bonds is 7. The Morgan fingerprint density at radius 2 is 2.00 bits per heavy atom. The Bertz CT molecular complexity index is 842. The summed E-state index contributed by atoms with van der Waals surface area (Å²) in [6, 6.07) is 7.32. The van der Waals surface area contributed by atoms with Crippen LogP contribution in [0.3, 0.4) is 0 Å². The molecule has 2 aromatic rings. The van der Waals surface area contributed by atoms with Crippen LogP contribution in [0.4, 0.5) is 5.69 Å². The molecule has 9 heteroatoms. The normalized spacial score (nSPS) is 14.1. The van der Waals surface area contributed by atoms with Gasteiger partial charge >= 0.3 is 5.97 Å². The second-order valence-electron chi connectivity index (χ2n) is 6.55. The molecule has 1 heterocycles. The van der Waals surface area contributed by atoms with Crippen LogP contribution in [-0.4, -0.2) is 37.9 Å². The minimum Gasteiger partial charge on any atom is -0.476 e. The van der Waals surface area contributed by atoms with Gasteiger partial charge in [0, 0.05) is 18.2 Å². The third-order valence-electron chi connectivity index (χ3n) is 4.47. The number of nitrogens with zero attached hydrogens (tertiary/aromatic N) is 3. The Kier molecular flexibility index (Phi) is 5.80. The number of hydrogen-bond acceptors (Lipinski definition) is 5. The molecule has 0 saturated heterocycles. The average molecular weight is 371 g/mol. The molecular weight excluding hydrogens is 350 g/mol. The molecule has 0 bridgehead atoms. The summed E-state index contributed by atoms with van der Waals surface area (Å²) < 4.78 is 1.16. The van der Waals surface area contributed by atoms with E-state index in [-0.39, 0.29) is 36.5 Å². The van der Waals surface area contributed by atoms with E-state index in [1.807, 2.05) is 24.3 Å². The van der Waals surface area contributed by atoms with Gasteiger partial charge in [-0.2, -0.15) is 0 Å². The lowest BCUT2D eigenvalue weighted by Crippen LogP contribution is -2.27.